The normalized spacial score (nSPS) is 17.5. The van der Waals surface area contributed by atoms with Gasteiger partial charge in [-0.2, -0.15) is 0 Å². The molecular weight excluding hydrogens is 1290 g/mol. The second-order valence-electron chi connectivity index (χ2n) is 26.5. The molecule has 2 aromatic heterocycles. The first-order valence-electron chi connectivity index (χ1n) is 35.0. The zero-order chi connectivity index (χ0) is 71.1. The molecule has 530 valence electrons. The van der Waals surface area contributed by atoms with Gasteiger partial charge in [0.1, 0.15) is 61.3 Å². The highest BCUT2D eigenvalue weighted by Crippen LogP contribution is 2.39. The standard InChI is InChI=1S/C42H46N2O10.C37H40N2O8/c1-26(45)11-19-37(47)52-25-35-34(54-38(48)20-12-27(2)46)22-36(53-35)44-23-32(41(49)43-42(44)50)24-51-21-6-4-3-5-8-28-13-14-31-16-15-29-9-7-10-30-17-18-33(28)40(31)39(29)30;1-23(40)10-17-33(42)46-22-31-30(41)19-32(47-31)39-20-28(36(43)38-37(39)44)21-45-18-5-3-2-4-7-24-11-12-27-14-13-25-8-6-9-26-15-16-29(24)35(27)34(25)26/h7,9-10,13-18,23,34-36H,3-6,8,11-12,19-22,24-25H2,1-2H3,(H,43,49,50);6,8-9,11-16,20,30-32,41H,2-5,7,10,17-19,21-22H2,1H3,(H,38,43,44)/t34-,35+,36+;30-,31+,32+/m00/s1. The number of rotatable bonds is 34. The Hall–Kier alpha value is -9.58. The van der Waals surface area contributed by atoms with E-state index in [1.807, 2.05) is 0 Å². The van der Waals surface area contributed by atoms with Crippen molar-refractivity contribution in [1.82, 2.24) is 19.1 Å². The Morgan fingerprint density at radius 1 is 0.446 bits per heavy atom. The van der Waals surface area contributed by atoms with Gasteiger partial charge in [0, 0.05) is 57.7 Å². The summed E-state index contributed by atoms with van der Waals surface area (Å²) in [6, 6.07) is 39.6. The van der Waals surface area contributed by atoms with E-state index in [0.29, 0.717) is 13.2 Å². The van der Waals surface area contributed by atoms with Gasteiger partial charge in [0.15, 0.2) is 0 Å². The summed E-state index contributed by atoms with van der Waals surface area (Å²) in [6.07, 6.45) is 7.07. The van der Waals surface area contributed by atoms with Gasteiger partial charge < -0.3 is 52.6 Å². The maximum absolute atomic E-state index is 12.9. The number of esters is 3. The molecule has 6 atom stereocenters. The smallest absolute Gasteiger partial charge is 0.330 e. The van der Waals surface area contributed by atoms with E-state index >= 15 is 0 Å². The average Bonchev–Trinajstić information content (AvgIpc) is 1.48. The van der Waals surface area contributed by atoms with Gasteiger partial charge in [-0.05, 0) is 135 Å². The van der Waals surface area contributed by atoms with Gasteiger partial charge in [-0.1, -0.05) is 135 Å². The van der Waals surface area contributed by atoms with Crippen LogP contribution in [0.25, 0.3) is 64.6 Å². The van der Waals surface area contributed by atoms with Crippen LogP contribution in [0.1, 0.15) is 158 Å². The van der Waals surface area contributed by atoms with Crippen molar-refractivity contribution >= 4 is 99.9 Å². The molecule has 0 bridgehead atoms. The van der Waals surface area contributed by atoms with Crippen molar-refractivity contribution in [2.75, 3.05) is 26.4 Å². The Bertz CT molecular complexity index is 4830. The van der Waals surface area contributed by atoms with Crippen molar-refractivity contribution in [3.05, 3.63) is 186 Å². The largest absolute Gasteiger partial charge is 0.463 e. The van der Waals surface area contributed by atoms with E-state index in [4.69, 9.17) is 33.2 Å². The van der Waals surface area contributed by atoms with Crippen molar-refractivity contribution in [2.45, 2.75) is 186 Å². The number of carbonyl (C=O) groups excluding carboxylic acids is 6. The van der Waals surface area contributed by atoms with Gasteiger partial charge in [-0.25, -0.2) is 9.59 Å². The summed E-state index contributed by atoms with van der Waals surface area (Å²) in [5, 5.41) is 26.0. The number of aliphatic hydroxyl groups excluding tert-OH is 1. The van der Waals surface area contributed by atoms with Gasteiger partial charge in [-0.3, -0.25) is 43.1 Å². The number of aromatic nitrogens is 4. The molecule has 8 aromatic carbocycles. The molecule has 22 heteroatoms. The SMILES string of the molecule is CC(=O)CCC(=O)OC[C@H]1O[C@@H](n2cc(COCCCCCCc3ccc4ccc5cccc6ccc3c4c56)c(=O)[nH]c2=O)C[C@@H]1O.CC(=O)CCC(=O)OC[C@H]1O[C@@H](n2cc(COCCCCCCc3ccc4ccc5cccc6ccc3c4c56)c(=O)[nH]c2=O)C[C@@H]1OC(=O)CCC(C)=O. The van der Waals surface area contributed by atoms with Crippen LogP contribution in [0.15, 0.2) is 141 Å². The fourth-order valence-corrected chi connectivity index (χ4v) is 13.6. The highest BCUT2D eigenvalue weighted by molar-refractivity contribution is 6.24. The number of aromatic amines is 2. The molecule has 4 heterocycles. The summed E-state index contributed by atoms with van der Waals surface area (Å²) in [4.78, 5) is 125. The quantitative estimate of drug-likeness (QED) is 0.0146. The first-order valence-corrected chi connectivity index (χ1v) is 35.0. The lowest BCUT2D eigenvalue weighted by Gasteiger charge is -2.19. The zero-order valence-electron chi connectivity index (χ0n) is 57.3. The molecule has 3 N–H and O–H groups in total. The minimum atomic E-state index is -0.979. The molecule has 2 aliphatic heterocycles. The first kappa shape index (κ1) is 72.7. The first-order chi connectivity index (χ1) is 48.8. The number of H-pyrrole nitrogens is 2. The van der Waals surface area contributed by atoms with Crippen LogP contribution in [0, 0.1) is 0 Å². The summed E-state index contributed by atoms with van der Waals surface area (Å²) >= 11 is 0. The highest BCUT2D eigenvalue weighted by atomic mass is 16.6. The van der Waals surface area contributed by atoms with Crippen molar-refractivity contribution < 1.29 is 67.0 Å². The molecule has 12 rings (SSSR count). The number of nitrogens with zero attached hydrogens (tertiary/aromatic N) is 2. The van der Waals surface area contributed by atoms with Crippen molar-refractivity contribution in [1.29, 1.82) is 0 Å². The van der Waals surface area contributed by atoms with E-state index < -0.39 is 77.3 Å². The lowest BCUT2D eigenvalue weighted by Crippen LogP contribution is -2.34. The van der Waals surface area contributed by atoms with Gasteiger partial charge in [0.05, 0.1) is 49.7 Å². The molecule has 0 unspecified atom stereocenters. The number of ether oxygens (including phenoxy) is 7. The summed E-state index contributed by atoms with van der Waals surface area (Å²) in [5.41, 5.74) is 0.722. The number of ketones is 3. The van der Waals surface area contributed by atoms with Crippen LogP contribution in [0.5, 0.6) is 0 Å². The third kappa shape index (κ3) is 18.5. The van der Waals surface area contributed by atoms with Gasteiger partial charge in [0.25, 0.3) is 11.1 Å². The maximum Gasteiger partial charge on any atom is 0.330 e. The van der Waals surface area contributed by atoms with Gasteiger partial charge in [-0.15, -0.1) is 0 Å². The molecule has 22 nitrogen and oxygen atoms in total. The zero-order valence-corrected chi connectivity index (χ0v) is 57.3. The monoisotopic (exact) mass is 1380 g/mol. The van der Waals surface area contributed by atoms with E-state index in [2.05, 4.69) is 119 Å². The van der Waals surface area contributed by atoms with Crippen LogP contribution in [0.4, 0.5) is 0 Å². The Morgan fingerprint density at radius 2 is 0.832 bits per heavy atom. The number of hydrogen-bond donors (Lipinski definition) is 3. The molecule has 0 radical (unpaired) electrons. The second-order valence-corrected chi connectivity index (χ2v) is 26.5. The lowest BCUT2D eigenvalue weighted by atomic mass is 9.90. The van der Waals surface area contributed by atoms with Crippen molar-refractivity contribution in [3.8, 4) is 0 Å². The minimum Gasteiger partial charge on any atom is -0.463 e. The number of benzene rings is 8. The molecule has 0 aliphatic carbocycles. The molecule has 10 aromatic rings. The molecule has 2 fully saturated rings. The Morgan fingerprint density at radius 3 is 1.29 bits per heavy atom. The number of nitrogens with one attached hydrogen (secondary N) is 2. The third-order valence-electron chi connectivity index (χ3n) is 19.0. The number of unbranched alkanes of at least 4 members (excludes halogenated alkanes) is 6. The number of hydrogen-bond acceptors (Lipinski definition) is 18. The van der Waals surface area contributed by atoms with E-state index in [1.54, 1.807) is 0 Å². The summed E-state index contributed by atoms with van der Waals surface area (Å²) in [6.45, 7) is 4.56. The Labute approximate surface area is 581 Å². The summed E-state index contributed by atoms with van der Waals surface area (Å²) < 4.78 is 41.8. The molecule has 2 aliphatic rings. The lowest BCUT2D eigenvalue weighted by molar-refractivity contribution is -0.159. The van der Waals surface area contributed by atoms with Gasteiger partial charge in [0.2, 0.25) is 0 Å². The third-order valence-corrected chi connectivity index (χ3v) is 19.0. The van der Waals surface area contributed by atoms with E-state index in [1.165, 1.54) is 118 Å². The molecule has 0 amide bonds. The molecule has 101 heavy (non-hydrogen) atoms. The number of carbonyl (C=O) groups is 6. The number of aliphatic hydroxyl groups is 1. The topological polar surface area (TPSA) is 297 Å². The van der Waals surface area contributed by atoms with E-state index in [9.17, 15) is 53.1 Å². The molecule has 2 saturated heterocycles. The van der Waals surface area contributed by atoms with Crippen molar-refractivity contribution in [2.24, 2.45) is 0 Å². The summed E-state index contributed by atoms with van der Waals surface area (Å²) in [7, 11) is 0. The van der Waals surface area contributed by atoms with E-state index in [-0.39, 0.29) is 106 Å². The van der Waals surface area contributed by atoms with E-state index in [0.717, 1.165) is 64.2 Å². The Kier molecular flexibility index (Phi) is 24.6. The van der Waals surface area contributed by atoms with Crippen molar-refractivity contribution in [3.63, 3.8) is 0 Å². The van der Waals surface area contributed by atoms with Crippen LogP contribution in [0.2, 0.25) is 0 Å². The molecule has 0 saturated carbocycles. The number of Topliss-reactive ketones (excluding diaryl/α,β-unsaturated/α-hetero) is 3. The number of aryl methyl sites for hydroxylation is 2. The average molecular weight is 1380 g/mol. The minimum absolute atomic E-state index is 0.00567. The van der Waals surface area contributed by atoms with Crippen LogP contribution in [-0.2, 0) is 88.0 Å². The van der Waals surface area contributed by atoms with Gasteiger partial charge >= 0.3 is 29.3 Å². The Balaban J connectivity index is 0.000000205. The predicted molar refractivity (Wildman–Crippen MR) is 381 cm³/mol. The molecule has 0 spiro atoms. The van der Waals surface area contributed by atoms with Crippen LogP contribution >= 0.6 is 0 Å². The highest BCUT2D eigenvalue weighted by Gasteiger charge is 2.41. The fourth-order valence-electron chi connectivity index (χ4n) is 13.6. The molecular formula is C79H86N4O18. The fraction of sp³-hybridized carbons (Fsp3) is 0.418. The summed E-state index contributed by atoms with van der Waals surface area (Å²) in [5.74, 6) is -2.28. The van der Waals surface area contributed by atoms with Crippen LogP contribution in [0.3, 0.4) is 0 Å². The predicted octanol–water partition coefficient (Wildman–Crippen LogP) is 11.5. The van der Waals surface area contributed by atoms with Crippen LogP contribution < -0.4 is 22.5 Å². The van der Waals surface area contributed by atoms with Crippen LogP contribution in [-0.4, -0.2) is 110 Å². The second kappa shape index (κ2) is 34.2. The maximum atomic E-state index is 12.9.